The largest absolute Gasteiger partial charge is 0.323 e. The molecule has 0 radical (unpaired) electrons. The summed E-state index contributed by atoms with van der Waals surface area (Å²) in [6.45, 7) is 1.73. The number of anilines is 1. The molecule has 1 N–H and O–H groups in total. The van der Waals surface area contributed by atoms with Crippen molar-refractivity contribution in [2.24, 2.45) is 5.92 Å². The first-order chi connectivity index (χ1) is 16.0. The fraction of sp³-hybridized carbons (Fsp3) is 0.375. The van der Waals surface area contributed by atoms with Crippen molar-refractivity contribution in [3.63, 3.8) is 0 Å². The molecule has 3 atom stereocenters. The number of nitrogens with one attached hydrogen (secondary N) is 1. The van der Waals surface area contributed by atoms with Crippen molar-refractivity contribution < 1.29 is 14.0 Å². The summed E-state index contributed by atoms with van der Waals surface area (Å²) < 4.78 is 16.1. The van der Waals surface area contributed by atoms with Gasteiger partial charge in [0.2, 0.25) is 5.91 Å². The number of aromatic nitrogens is 4. The van der Waals surface area contributed by atoms with Crippen LogP contribution >= 0.6 is 0 Å². The highest BCUT2D eigenvalue weighted by molar-refractivity contribution is 6.02. The lowest BCUT2D eigenvalue weighted by Gasteiger charge is -2.33. The van der Waals surface area contributed by atoms with Crippen molar-refractivity contribution in [1.29, 1.82) is 0 Å². The van der Waals surface area contributed by atoms with E-state index in [9.17, 15) is 14.0 Å². The number of fused-ring (bicyclic) bond motifs is 1. The lowest BCUT2D eigenvalue weighted by molar-refractivity contribution is -0.120. The van der Waals surface area contributed by atoms with Crippen molar-refractivity contribution >= 4 is 17.5 Å². The molecule has 0 bridgehead atoms. The van der Waals surface area contributed by atoms with Crippen LogP contribution in [0.1, 0.15) is 48.3 Å². The van der Waals surface area contributed by atoms with Gasteiger partial charge in [-0.05, 0) is 72.9 Å². The number of rotatable bonds is 4. The van der Waals surface area contributed by atoms with Crippen LogP contribution in [0.4, 0.5) is 10.1 Å². The molecule has 2 aromatic carbocycles. The predicted molar refractivity (Wildman–Crippen MR) is 119 cm³/mol. The van der Waals surface area contributed by atoms with Crippen LogP contribution in [0.2, 0.25) is 0 Å². The van der Waals surface area contributed by atoms with Gasteiger partial charge in [-0.2, -0.15) is 4.68 Å². The van der Waals surface area contributed by atoms with Gasteiger partial charge >= 0.3 is 0 Å². The number of hydrogen-bond acceptors (Lipinski definition) is 5. The highest BCUT2D eigenvalue weighted by atomic mass is 19.1. The molecule has 5 rings (SSSR count). The van der Waals surface area contributed by atoms with Gasteiger partial charge < -0.3 is 10.2 Å². The van der Waals surface area contributed by atoms with E-state index in [2.05, 4.69) is 20.8 Å². The number of hydrogen-bond donors (Lipinski definition) is 1. The molecule has 9 heteroatoms. The van der Waals surface area contributed by atoms with Gasteiger partial charge in [0.25, 0.3) is 5.91 Å². The normalized spacial score (nSPS) is 22.1. The molecule has 1 saturated carbocycles. The summed E-state index contributed by atoms with van der Waals surface area (Å²) in [5.41, 5.74) is 1.13. The number of amides is 2. The Morgan fingerprint density at radius 2 is 1.88 bits per heavy atom. The molecule has 2 heterocycles. The number of aryl methyl sites for hydroxylation is 1. The molecule has 2 fully saturated rings. The van der Waals surface area contributed by atoms with Gasteiger partial charge in [0.15, 0.2) is 5.82 Å². The molecule has 1 saturated heterocycles. The van der Waals surface area contributed by atoms with Crippen molar-refractivity contribution in [3.8, 4) is 5.69 Å². The van der Waals surface area contributed by atoms with Crippen LogP contribution in [0, 0.1) is 18.7 Å². The zero-order valence-electron chi connectivity index (χ0n) is 18.3. The van der Waals surface area contributed by atoms with Gasteiger partial charge in [-0.15, -0.1) is 5.10 Å². The van der Waals surface area contributed by atoms with Crippen molar-refractivity contribution in [1.82, 2.24) is 25.1 Å². The number of tetrazole rings is 1. The molecular weight excluding hydrogens is 423 g/mol. The van der Waals surface area contributed by atoms with Gasteiger partial charge in [0.1, 0.15) is 11.9 Å². The smallest absolute Gasteiger partial charge is 0.254 e. The number of carbonyl (C=O) groups excluding carboxylic acids is 2. The van der Waals surface area contributed by atoms with E-state index in [0.717, 1.165) is 25.7 Å². The minimum absolute atomic E-state index is 0.0299. The zero-order valence-corrected chi connectivity index (χ0v) is 18.3. The third-order valence-electron chi connectivity index (χ3n) is 6.72. The Morgan fingerprint density at radius 1 is 1.09 bits per heavy atom. The number of likely N-dealkylation sites (tertiary alicyclic amines) is 1. The second-order valence-electron chi connectivity index (χ2n) is 8.73. The molecule has 2 amide bonds. The molecule has 8 nitrogen and oxygen atoms in total. The predicted octanol–water partition coefficient (Wildman–Crippen LogP) is 3.52. The second-order valence-corrected chi connectivity index (χ2v) is 8.73. The molecule has 3 aromatic rings. The third-order valence-corrected chi connectivity index (χ3v) is 6.72. The van der Waals surface area contributed by atoms with E-state index < -0.39 is 11.9 Å². The highest BCUT2D eigenvalue weighted by Gasteiger charge is 2.47. The standard InChI is InChI=1S/C24H25FN6O2/c1-15-27-28-29-31(15)18-11-12-19(25)20(14-18)26-23(32)22-13-17-9-5-6-10-21(17)30(22)24(33)16-7-3-2-4-8-16/h2-4,7-8,11-12,14,17,21-22H,5-6,9-10,13H2,1H3,(H,26,32). The van der Waals surface area contributed by atoms with E-state index >= 15 is 0 Å². The van der Waals surface area contributed by atoms with E-state index in [4.69, 9.17) is 0 Å². The Labute approximate surface area is 190 Å². The van der Waals surface area contributed by atoms with Crippen LogP contribution in [-0.2, 0) is 4.79 Å². The number of nitrogens with zero attached hydrogens (tertiary/aromatic N) is 5. The monoisotopic (exact) mass is 448 g/mol. The molecule has 2 aliphatic rings. The zero-order chi connectivity index (χ0) is 22.9. The topological polar surface area (TPSA) is 93.0 Å². The fourth-order valence-electron chi connectivity index (χ4n) is 5.14. The summed E-state index contributed by atoms with van der Waals surface area (Å²) in [5, 5.41) is 14.1. The minimum Gasteiger partial charge on any atom is -0.323 e. The molecule has 0 spiro atoms. The van der Waals surface area contributed by atoms with Gasteiger partial charge in [-0.25, -0.2) is 4.39 Å². The van der Waals surface area contributed by atoms with Gasteiger partial charge in [-0.3, -0.25) is 9.59 Å². The van der Waals surface area contributed by atoms with Gasteiger partial charge in [-0.1, -0.05) is 31.0 Å². The molecule has 3 unspecified atom stereocenters. The van der Waals surface area contributed by atoms with Crippen LogP contribution in [0.15, 0.2) is 48.5 Å². The maximum absolute atomic E-state index is 14.6. The number of benzene rings is 2. The Hall–Kier alpha value is -3.62. The van der Waals surface area contributed by atoms with Crippen molar-refractivity contribution in [2.45, 2.75) is 51.1 Å². The summed E-state index contributed by atoms with van der Waals surface area (Å²) in [7, 11) is 0. The summed E-state index contributed by atoms with van der Waals surface area (Å²) in [6, 6.07) is 12.7. The first-order valence-electron chi connectivity index (χ1n) is 11.3. The van der Waals surface area contributed by atoms with Crippen molar-refractivity contribution in [2.75, 3.05) is 5.32 Å². The van der Waals surface area contributed by atoms with E-state index in [-0.39, 0.29) is 29.5 Å². The van der Waals surface area contributed by atoms with E-state index in [1.807, 2.05) is 18.2 Å². The van der Waals surface area contributed by atoms with Crippen LogP contribution in [-0.4, -0.2) is 49.0 Å². The minimum atomic E-state index is -0.649. The van der Waals surface area contributed by atoms with E-state index in [0.29, 0.717) is 23.5 Å². The van der Waals surface area contributed by atoms with Gasteiger partial charge in [0, 0.05) is 11.6 Å². The summed E-state index contributed by atoms with van der Waals surface area (Å²) in [6.07, 6.45) is 4.61. The van der Waals surface area contributed by atoms with Crippen LogP contribution in [0.5, 0.6) is 0 Å². The van der Waals surface area contributed by atoms with Crippen LogP contribution < -0.4 is 5.32 Å². The lowest BCUT2D eigenvalue weighted by atomic mass is 9.84. The molecule has 170 valence electrons. The molecule has 1 aromatic heterocycles. The SMILES string of the molecule is Cc1nnnn1-c1ccc(F)c(NC(=O)C2CC3CCCCC3N2C(=O)c2ccccc2)c1. The van der Waals surface area contributed by atoms with Crippen LogP contribution in [0.25, 0.3) is 5.69 Å². The summed E-state index contributed by atoms with van der Waals surface area (Å²) >= 11 is 0. The molecule has 33 heavy (non-hydrogen) atoms. The van der Waals surface area contributed by atoms with E-state index in [1.165, 1.54) is 16.8 Å². The van der Waals surface area contributed by atoms with Crippen molar-refractivity contribution in [3.05, 3.63) is 65.7 Å². The molecular formula is C24H25FN6O2. The lowest BCUT2D eigenvalue weighted by Crippen LogP contribution is -2.47. The average molecular weight is 449 g/mol. The molecule has 1 aliphatic carbocycles. The Balaban J connectivity index is 1.43. The number of carbonyl (C=O) groups is 2. The Kier molecular flexibility index (Phi) is 5.62. The fourth-order valence-corrected chi connectivity index (χ4v) is 5.14. The average Bonchev–Trinajstić information content (AvgIpc) is 3.44. The maximum Gasteiger partial charge on any atom is 0.254 e. The second kappa shape index (κ2) is 8.73. The quantitative estimate of drug-likeness (QED) is 0.659. The summed E-state index contributed by atoms with van der Waals surface area (Å²) in [5.74, 6) is -0.267. The molecule has 1 aliphatic heterocycles. The maximum atomic E-state index is 14.6. The summed E-state index contributed by atoms with van der Waals surface area (Å²) in [4.78, 5) is 28.6. The highest BCUT2D eigenvalue weighted by Crippen LogP contribution is 2.41. The third kappa shape index (κ3) is 3.99. The Bertz CT molecular complexity index is 1180. The first kappa shape index (κ1) is 21.2. The van der Waals surface area contributed by atoms with Crippen LogP contribution in [0.3, 0.4) is 0 Å². The van der Waals surface area contributed by atoms with E-state index in [1.54, 1.807) is 30.0 Å². The Morgan fingerprint density at radius 3 is 2.64 bits per heavy atom. The van der Waals surface area contributed by atoms with Gasteiger partial charge in [0.05, 0.1) is 11.4 Å². The first-order valence-corrected chi connectivity index (χ1v) is 11.3. The number of halogens is 1.